The molecule has 3 nitrogen and oxygen atoms in total. The summed E-state index contributed by atoms with van der Waals surface area (Å²) in [6.45, 7) is 1.64. The molecule has 2 aliphatic rings. The fraction of sp³-hybridized carbons (Fsp3) is 0.381. The highest BCUT2D eigenvalue weighted by atomic mass is 35.5. The number of rotatable bonds is 3. The minimum absolute atomic E-state index is 0.123. The smallest absolute Gasteiger partial charge is 0.162 e. The van der Waals surface area contributed by atoms with Gasteiger partial charge in [0.15, 0.2) is 10.9 Å². The average Bonchev–Trinajstić information content (AvgIpc) is 2.89. The van der Waals surface area contributed by atoms with Crippen molar-refractivity contribution in [1.29, 1.82) is 0 Å². The van der Waals surface area contributed by atoms with Crippen molar-refractivity contribution < 1.29 is 5.11 Å². The van der Waals surface area contributed by atoms with Crippen LogP contribution in [0.15, 0.2) is 53.5 Å². The number of halogens is 2. The summed E-state index contributed by atoms with van der Waals surface area (Å²) in [5, 5.41) is 14.2. The predicted octanol–water partition coefficient (Wildman–Crippen LogP) is 5.55. The Bertz CT molecular complexity index is 825. The van der Waals surface area contributed by atoms with E-state index in [1.165, 1.54) is 0 Å². The van der Waals surface area contributed by atoms with E-state index in [1.807, 2.05) is 48.5 Å². The van der Waals surface area contributed by atoms with Gasteiger partial charge < -0.3 is 10.0 Å². The third kappa shape index (κ3) is 4.00. The lowest BCUT2D eigenvalue weighted by Crippen LogP contribution is -2.51. The number of benzene rings is 2. The van der Waals surface area contributed by atoms with Crippen molar-refractivity contribution >= 4 is 40.1 Å². The van der Waals surface area contributed by atoms with Crippen LogP contribution in [0.4, 0.5) is 0 Å². The highest BCUT2D eigenvalue weighted by Gasteiger charge is 2.51. The van der Waals surface area contributed by atoms with Crippen LogP contribution in [0.1, 0.15) is 35.6 Å². The molecule has 27 heavy (non-hydrogen) atoms. The van der Waals surface area contributed by atoms with Crippen LogP contribution < -0.4 is 0 Å². The Morgan fingerprint density at radius 1 is 1.00 bits per heavy atom. The summed E-state index contributed by atoms with van der Waals surface area (Å²) in [6.07, 6.45) is 3.83. The number of aliphatic imine (C=N–C) groups is 1. The van der Waals surface area contributed by atoms with Crippen molar-refractivity contribution in [3.63, 3.8) is 0 Å². The number of hydrogen-bond donors (Lipinski definition) is 1. The van der Waals surface area contributed by atoms with Gasteiger partial charge in [0, 0.05) is 29.6 Å². The van der Waals surface area contributed by atoms with E-state index in [4.69, 9.17) is 28.2 Å². The van der Waals surface area contributed by atoms with Gasteiger partial charge in [-0.05, 0) is 54.7 Å². The second-order valence-electron chi connectivity index (χ2n) is 7.11. The Labute approximate surface area is 174 Å². The zero-order valence-electron chi connectivity index (χ0n) is 14.9. The first-order valence-corrected chi connectivity index (χ1v) is 10.9. The fourth-order valence-electron chi connectivity index (χ4n) is 3.78. The normalized spacial score (nSPS) is 25.5. The lowest BCUT2D eigenvalue weighted by molar-refractivity contribution is -0.0649. The van der Waals surface area contributed by atoms with Gasteiger partial charge in [-0.25, -0.2) is 0 Å². The van der Waals surface area contributed by atoms with Crippen LogP contribution >= 0.6 is 35.0 Å². The third-order valence-electron chi connectivity index (χ3n) is 5.18. The van der Waals surface area contributed by atoms with E-state index in [2.05, 4.69) is 4.90 Å². The van der Waals surface area contributed by atoms with Crippen LogP contribution in [0.3, 0.4) is 0 Å². The first kappa shape index (κ1) is 19.1. The average molecular weight is 421 g/mol. The van der Waals surface area contributed by atoms with E-state index in [-0.39, 0.29) is 5.25 Å². The first-order chi connectivity index (χ1) is 13.1. The quantitative estimate of drug-likeness (QED) is 0.706. The van der Waals surface area contributed by atoms with Crippen LogP contribution in [0, 0.1) is 0 Å². The molecule has 1 N–H and O–H groups in total. The molecule has 0 bridgehead atoms. The third-order valence-corrected chi connectivity index (χ3v) is 7.13. The lowest BCUT2D eigenvalue weighted by Gasteiger charge is -2.38. The number of aliphatic hydroxyl groups is 1. The van der Waals surface area contributed by atoms with E-state index in [0.29, 0.717) is 16.5 Å². The molecule has 2 aliphatic heterocycles. The summed E-state index contributed by atoms with van der Waals surface area (Å²) in [5.74, 6) is 0. The Hall–Kier alpha value is -1.20. The maximum Gasteiger partial charge on any atom is 0.162 e. The molecule has 2 aromatic rings. The van der Waals surface area contributed by atoms with E-state index in [1.54, 1.807) is 11.8 Å². The van der Waals surface area contributed by atoms with Crippen molar-refractivity contribution in [2.75, 3.05) is 13.1 Å². The summed E-state index contributed by atoms with van der Waals surface area (Å²) >= 11 is 13.8. The molecule has 0 amide bonds. The second kappa shape index (κ2) is 8.04. The van der Waals surface area contributed by atoms with Gasteiger partial charge in [-0.15, -0.1) is 0 Å². The number of fused-ring (bicyclic) bond motifs is 1. The molecule has 0 aliphatic carbocycles. The van der Waals surface area contributed by atoms with Gasteiger partial charge in [0.2, 0.25) is 0 Å². The minimum atomic E-state index is -1.04. The first-order valence-electron chi connectivity index (χ1n) is 9.27. The maximum absolute atomic E-state index is 12.0. The molecule has 6 heteroatoms. The molecule has 2 aromatic carbocycles. The van der Waals surface area contributed by atoms with Crippen LogP contribution in [-0.4, -0.2) is 34.0 Å². The molecule has 1 fully saturated rings. The van der Waals surface area contributed by atoms with E-state index in [0.717, 1.165) is 48.6 Å². The number of thioether (sulfide) groups is 1. The highest BCUT2D eigenvalue weighted by molar-refractivity contribution is 8.14. The summed E-state index contributed by atoms with van der Waals surface area (Å²) < 4.78 is 0. The molecular formula is C21H22Cl2N2OS. The highest BCUT2D eigenvalue weighted by Crippen LogP contribution is 2.51. The topological polar surface area (TPSA) is 35.8 Å². The molecule has 0 radical (unpaired) electrons. The Kier molecular flexibility index (Phi) is 5.70. The molecule has 1 saturated heterocycles. The van der Waals surface area contributed by atoms with Crippen molar-refractivity contribution in [2.24, 2.45) is 4.99 Å². The van der Waals surface area contributed by atoms with Crippen LogP contribution in [-0.2, 0) is 6.42 Å². The molecule has 2 unspecified atom stereocenters. The van der Waals surface area contributed by atoms with Gasteiger partial charge in [-0.2, -0.15) is 0 Å². The van der Waals surface area contributed by atoms with E-state index in [9.17, 15) is 5.11 Å². The number of amidine groups is 1. The summed E-state index contributed by atoms with van der Waals surface area (Å²) in [4.78, 5) is 6.90. The van der Waals surface area contributed by atoms with Crippen molar-refractivity contribution in [3.05, 3.63) is 69.7 Å². The van der Waals surface area contributed by atoms with Crippen LogP contribution in [0.5, 0.6) is 0 Å². The zero-order chi connectivity index (χ0) is 18.9. The molecule has 4 rings (SSSR count). The molecule has 0 aromatic heterocycles. The number of nitrogens with zero attached hydrogens (tertiary/aromatic N) is 2. The van der Waals surface area contributed by atoms with Crippen molar-refractivity contribution in [2.45, 2.75) is 36.7 Å². The number of hydrogen-bond acceptors (Lipinski definition) is 4. The standard InChI is InChI=1S/C21H22Cl2N2OS/c22-17-8-4-15(5-9-17)14-21(26)19(16-6-10-18(23)11-7-16)27-20-24-12-2-1-3-13-25(20)21/h4-11,19,26H,1-3,12-14H2. The van der Waals surface area contributed by atoms with Crippen molar-refractivity contribution in [3.8, 4) is 0 Å². The van der Waals surface area contributed by atoms with Gasteiger partial charge in [0.05, 0.1) is 5.25 Å². The summed E-state index contributed by atoms with van der Waals surface area (Å²) in [7, 11) is 0. The molecule has 2 atom stereocenters. The summed E-state index contributed by atoms with van der Waals surface area (Å²) in [5.41, 5.74) is 1.09. The largest absolute Gasteiger partial charge is 0.369 e. The Balaban J connectivity index is 1.74. The maximum atomic E-state index is 12.0. The van der Waals surface area contributed by atoms with E-state index >= 15 is 0 Å². The molecule has 142 valence electrons. The zero-order valence-corrected chi connectivity index (χ0v) is 17.3. The molecule has 0 spiro atoms. The van der Waals surface area contributed by atoms with E-state index < -0.39 is 5.72 Å². The monoisotopic (exact) mass is 420 g/mol. The molecule has 0 saturated carbocycles. The Morgan fingerprint density at radius 3 is 2.37 bits per heavy atom. The minimum Gasteiger partial charge on any atom is -0.369 e. The van der Waals surface area contributed by atoms with Crippen molar-refractivity contribution in [1.82, 2.24) is 4.90 Å². The SMILES string of the molecule is OC1(Cc2ccc(Cl)cc2)C(c2ccc(Cl)cc2)SC2=NCCCCCN21. The summed E-state index contributed by atoms with van der Waals surface area (Å²) in [6, 6.07) is 15.5. The molecule has 2 heterocycles. The van der Waals surface area contributed by atoms with Gasteiger partial charge in [-0.1, -0.05) is 59.2 Å². The van der Waals surface area contributed by atoms with Gasteiger partial charge in [0.1, 0.15) is 0 Å². The molecular weight excluding hydrogens is 399 g/mol. The van der Waals surface area contributed by atoms with Crippen LogP contribution in [0.2, 0.25) is 10.0 Å². The Morgan fingerprint density at radius 2 is 1.67 bits per heavy atom. The lowest BCUT2D eigenvalue weighted by atomic mass is 9.93. The second-order valence-corrected chi connectivity index (χ2v) is 9.05. The fourth-order valence-corrected chi connectivity index (χ4v) is 5.48. The van der Waals surface area contributed by atoms with Crippen LogP contribution in [0.25, 0.3) is 0 Å². The van der Waals surface area contributed by atoms with Gasteiger partial charge >= 0.3 is 0 Å². The van der Waals surface area contributed by atoms with Gasteiger partial charge in [0.25, 0.3) is 0 Å². The van der Waals surface area contributed by atoms with Gasteiger partial charge in [-0.3, -0.25) is 4.99 Å². The predicted molar refractivity (Wildman–Crippen MR) is 115 cm³/mol.